The monoisotopic (exact) mass is 339 g/mol. The van der Waals surface area contributed by atoms with Gasteiger partial charge in [-0.15, -0.1) is 0 Å². The van der Waals surface area contributed by atoms with E-state index in [2.05, 4.69) is 42.0 Å². The molecule has 0 radical (unpaired) electrons. The molecule has 0 atom stereocenters. The van der Waals surface area contributed by atoms with Crippen LogP contribution in [0.5, 0.6) is 0 Å². The lowest BCUT2D eigenvalue weighted by molar-refractivity contribution is 0.249. The molecule has 0 aromatic carbocycles. The van der Waals surface area contributed by atoms with Crippen molar-refractivity contribution in [3.05, 3.63) is 42.6 Å². The highest BCUT2D eigenvalue weighted by molar-refractivity contribution is 5.86. The van der Waals surface area contributed by atoms with Gasteiger partial charge >= 0.3 is 0 Å². The first kappa shape index (κ1) is 15.9. The molecule has 8 nitrogen and oxygen atoms in total. The smallest absolute Gasteiger partial charge is 0.163 e. The predicted octanol–water partition coefficient (Wildman–Crippen LogP) is 0.536. The molecule has 4 heterocycles. The summed E-state index contributed by atoms with van der Waals surface area (Å²) in [5, 5.41) is 14.4. The molecule has 0 aliphatic carbocycles. The van der Waals surface area contributed by atoms with Gasteiger partial charge in [-0.25, -0.2) is 14.6 Å². The molecule has 1 saturated heterocycles. The van der Waals surface area contributed by atoms with Crippen molar-refractivity contribution in [3.8, 4) is 0 Å². The lowest BCUT2D eigenvalue weighted by Gasteiger charge is -2.35. The van der Waals surface area contributed by atoms with E-state index >= 15 is 0 Å². The molecular weight excluding hydrogens is 318 g/mol. The van der Waals surface area contributed by atoms with E-state index in [0.717, 1.165) is 49.6 Å². The van der Waals surface area contributed by atoms with Crippen LogP contribution in [0.1, 0.15) is 5.56 Å². The van der Waals surface area contributed by atoms with Crippen molar-refractivity contribution in [1.29, 1.82) is 0 Å². The van der Waals surface area contributed by atoms with Crippen molar-refractivity contribution in [2.24, 2.45) is 0 Å². The summed E-state index contributed by atoms with van der Waals surface area (Å²) in [6, 6.07) is 4.13. The number of aliphatic hydroxyl groups is 1. The number of piperazine rings is 1. The summed E-state index contributed by atoms with van der Waals surface area (Å²) in [7, 11) is 0. The molecule has 130 valence electrons. The van der Waals surface area contributed by atoms with Crippen molar-refractivity contribution in [1.82, 2.24) is 29.6 Å². The second-order valence-electron chi connectivity index (χ2n) is 6.14. The average Bonchev–Trinajstić information content (AvgIpc) is 3.07. The molecule has 3 aromatic rings. The average molecular weight is 339 g/mol. The molecule has 0 bridgehead atoms. The standard InChI is InChI=1S/C17H21N7O/c25-10-9-24-17-15(11-21-24)16(19-13-20-17)23-7-5-22(6-8-23)12-14-1-3-18-4-2-14/h1-4,11,13,25H,5-10,12H2. The second kappa shape index (κ2) is 7.12. The Labute approximate surface area is 145 Å². The molecule has 0 unspecified atom stereocenters. The minimum atomic E-state index is 0.0454. The Kier molecular flexibility index (Phi) is 4.53. The predicted molar refractivity (Wildman–Crippen MR) is 94.1 cm³/mol. The fraction of sp³-hybridized carbons (Fsp3) is 0.412. The number of nitrogens with zero attached hydrogens (tertiary/aromatic N) is 7. The topological polar surface area (TPSA) is 83.2 Å². The van der Waals surface area contributed by atoms with Gasteiger partial charge in [-0.05, 0) is 17.7 Å². The summed E-state index contributed by atoms with van der Waals surface area (Å²) in [5.41, 5.74) is 2.07. The van der Waals surface area contributed by atoms with Crippen LogP contribution in [0.3, 0.4) is 0 Å². The first-order chi connectivity index (χ1) is 12.3. The van der Waals surface area contributed by atoms with Gasteiger partial charge in [-0.2, -0.15) is 5.10 Å². The van der Waals surface area contributed by atoms with Crippen molar-refractivity contribution in [3.63, 3.8) is 0 Å². The summed E-state index contributed by atoms with van der Waals surface area (Å²) < 4.78 is 1.72. The minimum Gasteiger partial charge on any atom is -0.394 e. The molecule has 3 aromatic heterocycles. The Balaban J connectivity index is 1.46. The molecular formula is C17H21N7O. The first-order valence-corrected chi connectivity index (χ1v) is 8.49. The molecule has 0 spiro atoms. The van der Waals surface area contributed by atoms with E-state index in [1.807, 2.05) is 12.4 Å². The number of pyridine rings is 1. The van der Waals surface area contributed by atoms with Crippen LogP contribution in [0.4, 0.5) is 5.82 Å². The van der Waals surface area contributed by atoms with Crippen LogP contribution in [0, 0.1) is 0 Å². The van der Waals surface area contributed by atoms with Crippen LogP contribution in [0.15, 0.2) is 37.1 Å². The lowest BCUT2D eigenvalue weighted by Crippen LogP contribution is -2.46. The van der Waals surface area contributed by atoms with E-state index in [1.165, 1.54) is 5.56 Å². The maximum atomic E-state index is 9.14. The summed E-state index contributed by atoms with van der Waals surface area (Å²) in [5.74, 6) is 0.928. The number of fused-ring (bicyclic) bond motifs is 1. The fourth-order valence-corrected chi connectivity index (χ4v) is 3.26. The fourth-order valence-electron chi connectivity index (χ4n) is 3.26. The van der Waals surface area contributed by atoms with E-state index in [1.54, 1.807) is 17.2 Å². The zero-order valence-corrected chi connectivity index (χ0v) is 14.0. The Morgan fingerprint density at radius 2 is 1.84 bits per heavy atom. The summed E-state index contributed by atoms with van der Waals surface area (Å²) in [6.07, 6.45) is 7.06. The van der Waals surface area contributed by atoms with Gasteiger partial charge in [0.2, 0.25) is 0 Å². The highest BCUT2D eigenvalue weighted by Gasteiger charge is 2.21. The van der Waals surface area contributed by atoms with Crippen molar-refractivity contribution in [2.45, 2.75) is 13.1 Å². The zero-order chi connectivity index (χ0) is 17.1. The van der Waals surface area contributed by atoms with Gasteiger partial charge in [-0.1, -0.05) is 0 Å². The Morgan fingerprint density at radius 1 is 1.04 bits per heavy atom. The summed E-state index contributed by atoms with van der Waals surface area (Å²) in [4.78, 5) is 17.6. The maximum Gasteiger partial charge on any atom is 0.163 e. The highest BCUT2D eigenvalue weighted by Crippen LogP contribution is 2.23. The van der Waals surface area contributed by atoms with Gasteiger partial charge in [0.1, 0.15) is 12.1 Å². The molecule has 1 N–H and O–H groups in total. The van der Waals surface area contributed by atoms with Gasteiger partial charge in [0.25, 0.3) is 0 Å². The summed E-state index contributed by atoms with van der Waals surface area (Å²) >= 11 is 0. The van der Waals surface area contributed by atoms with Gasteiger partial charge in [0, 0.05) is 45.1 Å². The van der Waals surface area contributed by atoms with Gasteiger partial charge < -0.3 is 10.0 Å². The van der Waals surface area contributed by atoms with Crippen LogP contribution < -0.4 is 4.90 Å². The number of rotatable bonds is 5. The molecule has 1 aliphatic rings. The van der Waals surface area contributed by atoms with Gasteiger partial charge in [0.05, 0.1) is 24.7 Å². The quantitative estimate of drug-likeness (QED) is 0.726. The first-order valence-electron chi connectivity index (χ1n) is 8.49. The van der Waals surface area contributed by atoms with Crippen LogP contribution in [0.2, 0.25) is 0 Å². The summed E-state index contributed by atoms with van der Waals surface area (Å²) in [6.45, 7) is 5.25. The molecule has 1 fully saturated rings. The van der Waals surface area contributed by atoms with Gasteiger partial charge in [-0.3, -0.25) is 9.88 Å². The van der Waals surface area contributed by atoms with Crippen molar-refractivity contribution < 1.29 is 5.11 Å². The zero-order valence-electron chi connectivity index (χ0n) is 14.0. The third-order valence-corrected chi connectivity index (χ3v) is 4.55. The Morgan fingerprint density at radius 3 is 2.60 bits per heavy atom. The van der Waals surface area contributed by atoms with Gasteiger partial charge in [0.15, 0.2) is 5.65 Å². The third-order valence-electron chi connectivity index (χ3n) is 4.55. The maximum absolute atomic E-state index is 9.14. The van der Waals surface area contributed by atoms with E-state index < -0.39 is 0 Å². The third kappa shape index (κ3) is 3.31. The second-order valence-corrected chi connectivity index (χ2v) is 6.14. The minimum absolute atomic E-state index is 0.0454. The van der Waals surface area contributed by atoms with Crippen LogP contribution in [-0.2, 0) is 13.1 Å². The van der Waals surface area contributed by atoms with Crippen LogP contribution in [-0.4, -0.2) is 67.5 Å². The number of anilines is 1. The highest BCUT2D eigenvalue weighted by atomic mass is 16.3. The lowest BCUT2D eigenvalue weighted by atomic mass is 10.2. The van der Waals surface area contributed by atoms with E-state index in [-0.39, 0.29) is 6.61 Å². The van der Waals surface area contributed by atoms with Crippen molar-refractivity contribution >= 4 is 16.9 Å². The van der Waals surface area contributed by atoms with Crippen LogP contribution in [0.25, 0.3) is 11.0 Å². The Hall–Kier alpha value is -2.58. The van der Waals surface area contributed by atoms with Crippen molar-refractivity contribution in [2.75, 3.05) is 37.7 Å². The number of hydrogen-bond acceptors (Lipinski definition) is 7. The van der Waals surface area contributed by atoms with E-state index in [0.29, 0.717) is 6.54 Å². The van der Waals surface area contributed by atoms with E-state index in [9.17, 15) is 0 Å². The number of aromatic nitrogens is 5. The number of hydrogen-bond donors (Lipinski definition) is 1. The molecule has 0 amide bonds. The Bertz CT molecular complexity index is 827. The molecule has 25 heavy (non-hydrogen) atoms. The molecule has 0 saturated carbocycles. The van der Waals surface area contributed by atoms with Crippen LogP contribution >= 0.6 is 0 Å². The molecule has 4 rings (SSSR count). The molecule has 8 heteroatoms. The normalized spacial score (nSPS) is 15.8. The number of aliphatic hydroxyl groups excluding tert-OH is 1. The van der Waals surface area contributed by atoms with E-state index in [4.69, 9.17) is 5.11 Å². The largest absolute Gasteiger partial charge is 0.394 e. The molecule has 1 aliphatic heterocycles. The SMILES string of the molecule is OCCn1ncc2c(N3CCN(Cc4ccncc4)CC3)ncnc21.